The number of aliphatic hydroxyl groups is 1. The van der Waals surface area contributed by atoms with E-state index in [0.717, 1.165) is 35.7 Å². The summed E-state index contributed by atoms with van der Waals surface area (Å²) in [6.07, 6.45) is 3.84. The zero-order valence-electron chi connectivity index (χ0n) is 11.2. The first kappa shape index (κ1) is 14.5. The van der Waals surface area contributed by atoms with Gasteiger partial charge in [0.1, 0.15) is 0 Å². The molecule has 0 heterocycles. The number of aliphatic hydroxyl groups excluding tert-OH is 1. The molecule has 0 aromatic heterocycles. The van der Waals surface area contributed by atoms with Gasteiger partial charge in [0.05, 0.1) is 6.10 Å². The van der Waals surface area contributed by atoms with Gasteiger partial charge in [-0.05, 0) is 43.5 Å². The first-order valence-electron chi connectivity index (χ1n) is 6.80. The minimum atomic E-state index is -0.264. The van der Waals surface area contributed by atoms with Crippen molar-refractivity contribution >= 4 is 21.8 Å². The van der Waals surface area contributed by atoms with Gasteiger partial charge in [0.25, 0.3) is 5.91 Å². The van der Waals surface area contributed by atoms with E-state index in [-0.39, 0.29) is 17.9 Å². The van der Waals surface area contributed by atoms with Crippen molar-refractivity contribution in [2.24, 2.45) is 5.92 Å². The topological polar surface area (TPSA) is 49.3 Å². The minimum absolute atomic E-state index is 0.0530. The molecule has 1 aliphatic carbocycles. The maximum Gasteiger partial charge on any atom is 0.251 e. The van der Waals surface area contributed by atoms with Crippen LogP contribution >= 0.6 is 15.9 Å². The second kappa shape index (κ2) is 6.53. The number of benzene rings is 1. The second-order valence-electron chi connectivity index (χ2n) is 5.28. The quantitative estimate of drug-likeness (QED) is 0.897. The molecule has 2 atom stereocenters. The number of halogens is 1. The molecule has 1 aliphatic rings. The average molecular weight is 326 g/mol. The molecule has 2 rings (SSSR count). The summed E-state index contributed by atoms with van der Waals surface area (Å²) < 4.78 is 0.976. The van der Waals surface area contributed by atoms with Crippen LogP contribution < -0.4 is 5.32 Å². The highest BCUT2D eigenvalue weighted by Gasteiger charge is 2.23. The standard InChI is InChI=1S/C15H20BrNO2/c1-10-8-12(16)6-7-13(10)15(19)17-9-11-4-2-3-5-14(11)18/h6-8,11,14,18H,2-5,9H2,1H3,(H,17,19). The molecule has 104 valence electrons. The largest absolute Gasteiger partial charge is 0.393 e. The lowest BCUT2D eigenvalue weighted by Gasteiger charge is -2.27. The van der Waals surface area contributed by atoms with E-state index in [0.29, 0.717) is 12.1 Å². The Balaban J connectivity index is 1.93. The fourth-order valence-electron chi connectivity index (χ4n) is 2.63. The van der Waals surface area contributed by atoms with Gasteiger partial charge in [-0.3, -0.25) is 4.79 Å². The van der Waals surface area contributed by atoms with Gasteiger partial charge in [0, 0.05) is 22.5 Å². The lowest BCUT2D eigenvalue weighted by atomic mass is 9.86. The Kier molecular flexibility index (Phi) is 4.99. The molecule has 2 unspecified atom stereocenters. The summed E-state index contributed by atoms with van der Waals surface area (Å²) in [6.45, 7) is 2.49. The third-order valence-electron chi connectivity index (χ3n) is 3.83. The molecule has 0 radical (unpaired) electrons. The van der Waals surface area contributed by atoms with Crippen LogP contribution in [0, 0.1) is 12.8 Å². The molecule has 1 amide bonds. The van der Waals surface area contributed by atoms with Gasteiger partial charge in [-0.25, -0.2) is 0 Å². The molecule has 0 saturated heterocycles. The normalized spacial score (nSPS) is 23.1. The highest BCUT2D eigenvalue weighted by Crippen LogP contribution is 2.24. The van der Waals surface area contributed by atoms with E-state index in [1.165, 1.54) is 0 Å². The first-order chi connectivity index (χ1) is 9.08. The zero-order chi connectivity index (χ0) is 13.8. The van der Waals surface area contributed by atoms with Crippen LogP contribution in [0.25, 0.3) is 0 Å². The predicted molar refractivity (Wildman–Crippen MR) is 79.2 cm³/mol. The molecule has 1 fully saturated rings. The van der Waals surface area contributed by atoms with Crippen molar-refractivity contribution in [1.82, 2.24) is 5.32 Å². The fourth-order valence-corrected chi connectivity index (χ4v) is 3.10. The molecule has 4 heteroatoms. The van der Waals surface area contributed by atoms with Gasteiger partial charge in [-0.2, -0.15) is 0 Å². The summed E-state index contributed by atoms with van der Waals surface area (Å²) in [4.78, 5) is 12.1. The first-order valence-corrected chi connectivity index (χ1v) is 7.59. The summed E-state index contributed by atoms with van der Waals surface area (Å²) in [5.41, 5.74) is 1.66. The summed E-state index contributed by atoms with van der Waals surface area (Å²) in [5, 5.41) is 12.8. The third-order valence-corrected chi connectivity index (χ3v) is 4.32. The van der Waals surface area contributed by atoms with E-state index in [2.05, 4.69) is 21.2 Å². The number of rotatable bonds is 3. The molecule has 1 aromatic rings. The fraction of sp³-hybridized carbons (Fsp3) is 0.533. The van der Waals surface area contributed by atoms with Crippen LogP contribution in [0.3, 0.4) is 0 Å². The number of carbonyl (C=O) groups excluding carboxylic acids is 1. The van der Waals surface area contributed by atoms with Gasteiger partial charge >= 0.3 is 0 Å². The molecular formula is C15H20BrNO2. The molecule has 1 saturated carbocycles. The van der Waals surface area contributed by atoms with E-state index in [4.69, 9.17) is 0 Å². The number of hydrogen-bond donors (Lipinski definition) is 2. The van der Waals surface area contributed by atoms with Crippen LogP contribution in [0.15, 0.2) is 22.7 Å². The summed E-state index contributed by atoms with van der Waals surface area (Å²) in [5.74, 6) is 0.149. The van der Waals surface area contributed by atoms with Gasteiger partial charge in [0.15, 0.2) is 0 Å². The predicted octanol–water partition coefficient (Wildman–Crippen LogP) is 3.04. The molecule has 3 nitrogen and oxygen atoms in total. The van der Waals surface area contributed by atoms with Gasteiger partial charge in [-0.1, -0.05) is 28.8 Å². The number of amides is 1. The minimum Gasteiger partial charge on any atom is -0.393 e. The van der Waals surface area contributed by atoms with Crippen LogP contribution in [0.4, 0.5) is 0 Å². The number of carbonyl (C=O) groups is 1. The Morgan fingerprint density at radius 3 is 2.84 bits per heavy atom. The Morgan fingerprint density at radius 2 is 2.16 bits per heavy atom. The maximum atomic E-state index is 12.1. The van der Waals surface area contributed by atoms with Gasteiger partial charge < -0.3 is 10.4 Å². The SMILES string of the molecule is Cc1cc(Br)ccc1C(=O)NCC1CCCCC1O. The van der Waals surface area contributed by atoms with E-state index < -0.39 is 0 Å². The molecule has 0 aliphatic heterocycles. The molecule has 19 heavy (non-hydrogen) atoms. The third kappa shape index (κ3) is 3.80. The monoisotopic (exact) mass is 325 g/mol. The number of hydrogen-bond acceptors (Lipinski definition) is 2. The molecule has 0 spiro atoms. The van der Waals surface area contributed by atoms with Crippen LogP contribution in [0.1, 0.15) is 41.6 Å². The zero-order valence-corrected chi connectivity index (χ0v) is 12.7. The Morgan fingerprint density at radius 1 is 1.42 bits per heavy atom. The smallest absolute Gasteiger partial charge is 0.251 e. The number of nitrogens with one attached hydrogen (secondary N) is 1. The molecule has 2 N–H and O–H groups in total. The Hall–Kier alpha value is -0.870. The van der Waals surface area contributed by atoms with Crippen molar-refractivity contribution < 1.29 is 9.90 Å². The Labute approximate surface area is 122 Å². The van der Waals surface area contributed by atoms with Crippen molar-refractivity contribution in [1.29, 1.82) is 0 Å². The van der Waals surface area contributed by atoms with E-state index in [1.807, 2.05) is 25.1 Å². The molecular weight excluding hydrogens is 306 g/mol. The van der Waals surface area contributed by atoms with Crippen LogP contribution in [0.2, 0.25) is 0 Å². The van der Waals surface area contributed by atoms with Gasteiger partial charge in [0.2, 0.25) is 0 Å². The highest BCUT2D eigenvalue weighted by molar-refractivity contribution is 9.10. The molecule has 1 aromatic carbocycles. The second-order valence-corrected chi connectivity index (χ2v) is 6.20. The highest BCUT2D eigenvalue weighted by atomic mass is 79.9. The van der Waals surface area contributed by atoms with Crippen molar-refractivity contribution in [3.05, 3.63) is 33.8 Å². The van der Waals surface area contributed by atoms with Crippen molar-refractivity contribution in [3.8, 4) is 0 Å². The number of aryl methyl sites for hydroxylation is 1. The maximum absolute atomic E-state index is 12.1. The van der Waals surface area contributed by atoms with Crippen molar-refractivity contribution in [3.63, 3.8) is 0 Å². The summed E-state index contributed by atoms with van der Waals surface area (Å²) in [6, 6.07) is 5.63. The lowest BCUT2D eigenvalue weighted by Crippen LogP contribution is -2.36. The summed E-state index contributed by atoms with van der Waals surface area (Å²) in [7, 11) is 0. The average Bonchev–Trinajstić information content (AvgIpc) is 2.37. The van der Waals surface area contributed by atoms with E-state index in [1.54, 1.807) is 0 Å². The van der Waals surface area contributed by atoms with Crippen molar-refractivity contribution in [2.75, 3.05) is 6.54 Å². The van der Waals surface area contributed by atoms with Crippen LogP contribution in [-0.4, -0.2) is 23.7 Å². The van der Waals surface area contributed by atoms with E-state index >= 15 is 0 Å². The Bertz CT molecular complexity index is 461. The van der Waals surface area contributed by atoms with Crippen LogP contribution in [-0.2, 0) is 0 Å². The lowest BCUT2D eigenvalue weighted by molar-refractivity contribution is 0.0663. The van der Waals surface area contributed by atoms with Crippen LogP contribution in [0.5, 0.6) is 0 Å². The van der Waals surface area contributed by atoms with Crippen molar-refractivity contribution in [2.45, 2.75) is 38.7 Å². The van der Waals surface area contributed by atoms with Gasteiger partial charge in [-0.15, -0.1) is 0 Å². The molecule has 0 bridgehead atoms. The van der Waals surface area contributed by atoms with E-state index in [9.17, 15) is 9.90 Å². The summed E-state index contributed by atoms with van der Waals surface area (Å²) >= 11 is 3.39.